The number of nitrogens with two attached hydrogens (primary N) is 1. The molecule has 0 spiro atoms. The summed E-state index contributed by atoms with van der Waals surface area (Å²) in [6.07, 6.45) is 0.871. The first-order valence-electron chi connectivity index (χ1n) is 9.81. The molecule has 0 saturated carbocycles. The molecular formula is C25H22FNO4. The number of carbonyl (C=O) groups is 1. The Morgan fingerprint density at radius 1 is 0.935 bits per heavy atom. The molecule has 0 saturated heterocycles. The number of aryl methyl sites for hydroxylation is 2. The number of halogens is 1. The van der Waals surface area contributed by atoms with Gasteiger partial charge in [-0.25, -0.2) is 4.39 Å². The van der Waals surface area contributed by atoms with Crippen molar-refractivity contribution in [3.8, 4) is 17.2 Å². The first kappa shape index (κ1) is 20.5. The fourth-order valence-corrected chi connectivity index (χ4v) is 4.10. The Bertz CT molecular complexity index is 1320. The number of methoxy groups -OCH3 is 2. The van der Waals surface area contributed by atoms with Crippen molar-refractivity contribution in [2.45, 2.75) is 12.8 Å². The van der Waals surface area contributed by atoms with Gasteiger partial charge in [-0.2, -0.15) is 0 Å². The maximum Gasteiger partial charge on any atom is 0.249 e. The van der Waals surface area contributed by atoms with Crippen molar-refractivity contribution < 1.29 is 23.8 Å². The minimum Gasteiger partial charge on any atom is -0.508 e. The molecule has 4 rings (SSSR count). The summed E-state index contributed by atoms with van der Waals surface area (Å²) in [7, 11) is 3.08. The van der Waals surface area contributed by atoms with Gasteiger partial charge in [-0.05, 0) is 76.3 Å². The number of hydrogen-bond acceptors (Lipinski definition) is 4. The summed E-state index contributed by atoms with van der Waals surface area (Å²) in [5, 5.41) is 12.9. The maximum atomic E-state index is 14.2. The van der Waals surface area contributed by atoms with E-state index in [1.165, 1.54) is 19.2 Å². The van der Waals surface area contributed by atoms with Crippen molar-refractivity contribution in [1.29, 1.82) is 0 Å². The van der Waals surface area contributed by atoms with Crippen LogP contribution in [0.25, 0.3) is 21.5 Å². The van der Waals surface area contributed by atoms with Crippen molar-refractivity contribution in [1.82, 2.24) is 0 Å². The van der Waals surface area contributed by atoms with Crippen LogP contribution >= 0.6 is 0 Å². The molecule has 5 nitrogen and oxygen atoms in total. The Labute approximate surface area is 178 Å². The molecule has 4 aromatic carbocycles. The predicted octanol–water partition coefficient (Wildman–Crippen LogP) is 4.74. The summed E-state index contributed by atoms with van der Waals surface area (Å²) in [6.45, 7) is 0. The fourth-order valence-electron chi connectivity index (χ4n) is 4.10. The molecule has 0 aromatic heterocycles. The molecule has 3 N–H and O–H groups in total. The maximum absolute atomic E-state index is 14.2. The number of fused-ring (bicyclic) bond motifs is 3. The first-order valence-corrected chi connectivity index (χ1v) is 9.81. The van der Waals surface area contributed by atoms with Gasteiger partial charge < -0.3 is 20.3 Å². The van der Waals surface area contributed by atoms with Crippen molar-refractivity contribution in [3.05, 3.63) is 77.1 Å². The van der Waals surface area contributed by atoms with Gasteiger partial charge in [0.05, 0.1) is 14.2 Å². The number of phenolic OH excluding ortho intramolecular Hbond substituents is 1. The van der Waals surface area contributed by atoms with E-state index < -0.39 is 5.91 Å². The summed E-state index contributed by atoms with van der Waals surface area (Å²) < 4.78 is 25.4. The van der Waals surface area contributed by atoms with Gasteiger partial charge in [0.25, 0.3) is 0 Å². The summed E-state index contributed by atoms with van der Waals surface area (Å²) in [6, 6.07) is 14.9. The number of carbonyl (C=O) groups excluding carboxylic acids is 1. The number of hydrogen-bond donors (Lipinski definition) is 2. The van der Waals surface area contributed by atoms with Crippen LogP contribution in [0.5, 0.6) is 17.2 Å². The molecule has 0 radical (unpaired) electrons. The lowest BCUT2D eigenvalue weighted by molar-refractivity contribution is 0.100. The number of primary amides is 1. The molecule has 31 heavy (non-hydrogen) atoms. The van der Waals surface area contributed by atoms with E-state index in [2.05, 4.69) is 0 Å². The van der Waals surface area contributed by atoms with Crippen LogP contribution in [-0.2, 0) is 12.8 Å². The average molecular weight is 419 g/mol. The van der Waals surface area contributed by atoms with Crippen molar-refractivity contribution in [2.75, 3.05) is 14.2 Å². The van der Waals surface area contributed by atoms with Crippen LogP contribution in [0.3, 0.4) is 0 Å². The van der Waals surface area contributed by atoms with Crippen LogP contribution in [0.2, 0.25) is 0 Å². The SMILES string of the molecule is COc1cc2c(cc(C(N)=O)c3ccc(O)cc32)c(CCc2ccccc2F)c1OC. The summed E-state index contributed by atoms with van der Waals surface area (Å²) >= 11 is 0. The normalized spacial score (nSPS) is 11.1. The summed E-state index contributed by atoms with van der Waals surface area (Å²) in [4.78, 5) is 12.2. The molecule has 0 fully saturated rings. The number of ether oxygens (including phenoxy) is 2. The smallest absolute Gasteiger partial charge is 0.249 e. The summed E-state index contributed by atoms with van der Waals surface area (Å²) in [5.74, 6) is 0.240. The lowest BCUT2D eigenvalue weighted by Crippen LogP contribution is -2.12. The van der Waals surface area contributed by atoms with Crippen molar-refractivity contribution >= 4 is 27.5 Å². The topological polar surface area (TPSA) is 81.8 Å². The third kappa shape index (κ3) is 3.61. The molecule has 6 heteroatoms. The molecular weight excluding hydrogens is 397 g/mol. The Hall–Kier alpha value is -3.80. The van der Waals surface area contributed by atoms with E-state index in [0.29, 0.717) is 46.2 Å². The third-order valence-corrected chi connectivity index (χ3v) is 5.55. The number of aromatic hydroxyl groups is 1. The first-order chi connectivity index (χ1) is 14.9. The molecule has 0 heterocycles. The van der Waals surface area contributed by atoms with E-state index in [9.17, 15) is 14.3 Å². The standard InChI is InChI=1S/C25H22FNO4/c1-30-23-13-20-18-11-15(28)8-10-16(18)21(25(27)29)12-19(20)17(24(23)31-2)9-7-14-5-3-4-6-22(14)26/h3-6,8,10-13,28H,7,9H2,1-2H3,(H2,27,29). The van der Waals surface area contributed by atoms with E-state index in [1.807, 2.05) is 6.07 Å². The molecule has 0 aliphatic heterocycles. The van der Waals surface area contributed by atoms with Gasteiger partial charge in [-0.1, -0.05) is 18.2 Å². The number of amides is 1. The fraction of sp³-hybridized carbons (Fsp3) is 0.160. The van der Waals surface area contributed by atoms with E-state index in [-0.39, 0.29) is 11.6 Å². The molecule has 1 amide bonds. The van der Waals surface area contributed by atoms with Crippen LogP contribution in [0.4, 0.5) is 4.39 Å². The van der Waals surface area contributed by atoms with Crippen LogP contribution in [0.1, 0.15) is 21.5 Å². The predicted molar refractivity (Wildman–Crippen MR) is 119 cm³/mol. The van der Waals surface area contributed by atoms with Gasteiger partial charge in [0.2, 0.25) is 5.91 Å². The second-order valence-corrected chi connectivity index (χ2v) is 7.30. The van der Waals surface area contributed by atoms with Crippen molar-refractivity contribution in [3.63, 3.8) is 0 Å². The van der Waals surface area contributed by atoms with Crippen LogP contribution in [0, 0.1) is 5.82 Å². The van der Waals surface area contributed by atoms with Gasteiger partial charge in [0.15, 0.2) is 11.5 Å². The van der Waals surface area contributed by atoms with Crippen LogP contribution in [0.15, 0.2) is 54.6 Å². The van der Waals surface area contributed by atoms with E-state index >= 15 is 0 Å². The highest BCUT2D eigenvalue weighted by molar-refractivity contribution is 6.18. The van der Waals surface area contributed by atoms with Gasteiger partial charge >= 0.3 is 0 Å². The Balaban J connectivity index is 2.03. The Morgan fingerprint density at radius 2 is 1.68 bits per heavy atom. The molecule has 0 unspecified atom stereocenters. The molecule has 0 aliphatic carbocycles. The molecule has 4 aromatic rings. The van der Waals surface area contributed by atoms with Gasteiger partial charge in [0.1, 0.15) is 11.6 Å². The number of rotatable bonds is 6. The van der Waals surface area contributed by atoms with E-state index in [0.717, 1.165) is 16.3 Å². The number of phenols is 1. The highest BCUT2D eigenvalue weighted by atomic mass is 19.1. The van der Waals surface area contributed by atoms with Crippen LogP contribution in [-0.4, -0.2) is 25.2 Å². The molecule has 0 aliphatic rings. The highest BCUT2D eigenvalue weighted by Gasteiger charge is 2.20. The highest BCUT2D eigenvalue weighted by Crippen LogP contribution is 2.42. The average Bonchev–Trinajstić information content (AvgIpc) is 2.76. The van der Waals surface area contributed by atoms with E-state index in [4.69, 9.17) is 15.2 Å². The Kier molecular flexibility index (Phi) is 5.38. The zero-order valence-corrected chi connectivity index (χ0v) is 17.2. The second kappa shape index (κ2) is 8.14. The van der Waals surface area contributed by atoms with Gasteiger partial charge in [-0.15, -0.1) is 0 Å². The summed E-state index contributed by atoms with van der Waals surface area (Å²) in [5.41, 5.74) is 7.35. The van der Waals surface area contributed by atoms with Crippen LogP contribution < -0.4 is 15.2 Å². The van der Waals surface area contributed by atoms with E-state index in [1.54, 1.807) is 43.5 Å². The van der Waals surface area contributed by atoms with Gasteiger partial charge in [0, 0.05) is 11.1 Å². The zero-order chi connectivity index (χ0) is 22.1. The lowest BCUT2D eigenvalue weighted by Gasteiger charge is -2.18. The minimum atomic E-state index is -0.576. The Morgan fingerprint density at radius 3 is 2.35 bits per heavy atom. The van der Waals surface area contributed by atoms with Gasteiger partial charge in [-0.3, -0.25) is 4.79 Å². The monoisotopic (exact) mass is 419 g/mol. The lowest BCUT2D eigenvalue weighted by atomic mass is 9.91. The largest absolute Gasteiger partial charge is 0.508 e. The quantitative estimate of drug-likeness (QED) is 0.443. The number of benzene rings is 4. The molecule has 0 atom stereocenters. The zero-order valence-electron chi connectivity index (χ0n) is 17.2. The third-order valence-electron chi connectivity index (χ3n) is 5.55. The minimum absolute atomic E-state index is 0.0677. The van der Waals surface area contributed by atoms with Crippen molar-refractivity contribution in [2.24, 2.45) is 5.73 Å². The molecule has 0 bridgehead atoms. The second-order valence-electron chi connectivity index (χ2n) is 7.30. The molecule has 158 valence electrons.